The summed E-state index contributed by atoms with van der Waals surface area (Å²) in [6, 6.07) is 8.26. The third-order valence-electron chi connectivity index (χ3n) is 5.20. The summed E-state index contributed by atoms with van der Waals surface area (Å²) >= 11 is 0. The molecule has 1 unspecified atom stereocenters. The molecule has 2 aromatic rings. The van der Waals surface area contributed by atoms with Crippen molar-refractivity contribution in [3.05, 3.63) is 54.1 Å². The number of piperidine rings is 1. The first-order valence-corrected chi connectivity index (χ1v) is 9.22. The van der Waals surface area contributed by atoms with Gasteiger partial charge < -0.3 is 15.2 Å². The van der Waals surface area contributed by atoms with Gasteiger partial charge in [0.2, 0.25) is 5.91 Å². The Morgan fingerprint density at radius 3 is 2.63 bits per heavy atom. The summed E-state index contributed by atoms with van der Waals surface area (Å²) < 4.78 is 2.04. The topological polar surface area (TPSA) is 59.0 Å². The van der Waals surface area contributed by atoms with Crippen LogP contribution in [0.3, 0.4) is 0 Å². The van der Waals surface area contributed by atoms with Crippen LogP contribution in [0.25, 0.3) is 0 Å². The van der Waals surface area contributed by atoms with Crippen molar-refractivity contribution >= 4 is 30.7 Å². The van der Waals surface area contributed by atoms with E-state index >= 15 is 0 Å². The molecule has 0 radical (unpaired) electrons. The van der Waals surface area contributed by atoms with Gasteiger partial charge in [0.05, 0.1) is 6.33 Å². The lowest BCUT2D eigenvalue weighted by molar-refractivity contribution is -0.122. The van der Waals surface area contributed by atoms with Gasteiger partial charge in [-0.1, -0.05) is 31.2 Å². The Bertz CT molecular complexity index is 672. The second-order valence-electron chi connectivity index (χ2n) is 7.05. The Kier molecular flexibility index (Phi) is 10.4. The van der Waals surface area contributed by atoms with E-state index in [0.29, 0.717) is 24.8 Å². The van der Waals surface area contributed by atoms with Gasteiger partial charge in [0.15, 0.2) is 0 Å². The van der Waals surface area contributed by atoms with Gasteiger partial charge in [-0.05, 0) is 48.9 Å². The predicted octanol–water partition coefficient (Wildman–Crippen LogP) is 3.42. The molecule has 7 heteroatoms. The molecule has 1 saturated heterocycles. The van der Waals surface area contributed by atoms with E-state index in [0.717, 1.165) is 19.6 Å². The molecule has 0 spiro atoms. The Labute approximate surface area is 174 Å². The largest absolute Gasteiger partial charge is 0.352 e. The normalized spacial score (nSPS) is 15.3. The lowest BCUT2D eigenvalue weighted by Crippen LogP contribution is -2.33. The van der Waals surface area contributed by atoms with Crippen LogP contribution in [0, 0.1) is 11.8 Å². The molecule has 1 aromatic carbocycles. The fourth-order valence-corrected chi connectivity index (χ4v) is 3.60. The van der Waals surface area contributed by atoms with Gasteiger partial charge in [-0.15, -0.1) is 24.8 Å². The zero-order chi connectivity index (χ0) is 17.5. The third kappa shape index (κ3) is 7.17. The van der Waals surface area contributed by atoms with Crippen molar-refractivity contribution in [2.45, 2.75) is 39.3 Å². The van der Waals surface area contributed by atoms with E-state index in [4.69, 9.17) is 0 Å². The molecule has 0 aliphatic carbocycles. The zero-order valence-electron chi connectivity index (χ0n) is 15.8. The molecule has 27 heavy (non-hydrogen) atoms. The van der Waals surface area contributed by atoms with Gasteiger partial charge in [-0.3, -0.25) is 4.79 Å². The van der Waals surface area contributed by atoms with Crippen LogP contribution in [0.4, 0.5) is 0 Å². The lowest BCUT2D eigenvalue weighted by atomic mass is 9.84. The molecule has 1 aromatic heterocycles. The van der Waals surface area contributed by atoms with Gasteiger partial charge in [0.25, 0.3) is 0 Å². The van der Waals surface area contributed by atoms with E-state index in [1.165, 1.54) is 24.0 Å². The highest BCUT2D eigenvalue weighted by Gasteiger charge is 2.21. The van der Waals surface area contributed by atoms with Crippen LogP contribution in [-0.2, 0) is 17.9 Å². The molecule has 1 fully saturated rings. The van der Waals surface area contributed by atoms with Crippen LogP contribution in [-0.4, -0.2) is 28.5 Å². The van der Waals surface area contributed by atoms with Gasteiger partial charge in [-0.25, -0.2) is 4.98 Å². The van der Waals surface area contributed by atoms with E-state index in [1.807, 2.05) is 29.2 Å². The summed E-state index contributed by atoms with van der Waals surface area (Å²) in [5.74, 6) is 1.27. The van der Waals surface area contributed by atoms with Gasteiger partial charge in [0, 0.05) is 31.9 Å². The number of hydrogen-bond donors (Lipinski definition) is 2. The first-order valence-electron chi connectivity index (χ1n) is 9.22. The maximum Gasteiger partial charge on any atom is 0.220 e. The number of nitrogens with one attached hydrogen (secondary N) is 2. The first kappa shape index (κ1) is 23.5. The summed E-state index contributed by atoms with van der Waals surface area (Å²) in [5, 5.41) is 6.50. The molecule has 2 heterocycles. The fraction of sp³-hybridized carbons (Fsp3) is 0.500. The summed E-state index contributed by atoms with van der Waals surface area (Å²) in [6.45, 7) is 5.74. The number of benzene rings is 1. The number of imidazole rings is 1. The molecule has 150 valence electrons. The van der Waals surface area contributed by atoms with E-state index in [2.05, 4.69) is 34.7 Å². The maximum atomic E-state index is 12.4. The van der Waals surface area contributed by atoms with E-state index < -0.39 is 0 Å². The number of hydrogen-bond acceptors (Lipinski definition) is 3. The minimum Gasteiger partial charge on any atom is -0.352 e. The van der Waals surface area contributed by atoms with Crippen molar-refractivity contribution in [1.29, 1.82) is 0 Å². The SMILES string of the molecule is CC(CC(=O)NCc1ccccc1Cn1ccnc1)C1CCNCC1.Cl.Cl. The number of amides is 1. The Hall–Kier alpha value is -1.56. The Morgan fingerprint density at radius 2 is 1.96 bits per heavy atom. The Balaban J connectivity index is 0.00000182. The molecule has 1 aliphatic rings. The molecule has 0 bridgehead atoms. The summed E-state index contributed by atoms with van der Waals surface area (Å²) in [5.41, 5.74) is 2.38. The van der Waals surface area contributed by atoms with Gasteiger partial charge >= 0.3 is 0 Å². The molecule has 1 aliphatic heterocycles. The minimum absolute atomic E-state index is 0. The monoisotopic (exact) mass is 412 g/mol. The number of carbonyl (C=O) groups excluding carboxylic acids is 1. The maximum absolute atomic E-state index is 12.4. The van der Waals surface area contributed by atoms with Crippen molar-refractivity contribution in [3.63, 3.8) is 0 Å². The van der Waals surface area contributed by atoms with Crippen molar-refractivity contribution < 1.29 is 4.79 Å². The van der Waals surface area contributed by atoms with Gasteiger partial charge in [-0.2, -0.15) is 0 Å². The summed E-state index contributed by atoms with van der Waals surface area (Å²) in [6.07, 6.45) is 8.54. The molecule has 2 N–H and O–H groups in total. The number of nitrogens with zero attached hydrogens (tertiary/aromatic N) is 2. The second kappa shape index (κ2) is 12.0. The molecule has 3 rings (SSSR count). The van der Waals surface area contributed by atoms with Crippen molar-refractivity contribution in [2.75, 3.05) is 13.1 Å². The van der Waals surface area contributed by atoms with Crippen LogP contribution in [0.1, 0.15) is 37.3 Å². The molecular weight excluding hydrogens is 383 g/mol. The first-order chi connectivity index (χ1) is 12.2. The highest BCUT2D eigenvalue weighted by molar-refractivity contribution is 5.85. The lowest BCUT2D eigenvalue weighted by Gasteiger charge is -2.27. The summed E-state index contributed by atoms with van der Waals surface area (Å²) in [7, 11) is 0. The quantitative estimate of drug-likeness (QED) is 0.732. The standard InChI is InChI=1S/C20H28N4O.2ClH/c1-16(17-6-8-21-9-7-17)12-20(25)23-13-18-4-2-3-5-19(18)14-24-11-10-22-15-24;;/h2-5,10-11,15-17,21H,6-9,12-14H2,1H3,(H,23,25);2*1H. The van der Waals surface area contributed by atoms with Crippen molar-refractivity contribution in [1.82, 2.24) is 20.2 Å². The number of halogens is 2. The molecule has 1 amide bonds. The highest BCUT2D eigenvalue weighted by Crippen LogP contribution is 2.24. The van der Waals surface area contributed by atoms with Gasteiger partial charge in [0.1, 0.15) is 0 Å². The minimum atomic E-state index is 0. The average Bonchev–Trinajstić information content (AvgIpc) is 3.15. The van der Waals surface area contributed by atoms with Crippen molar-refractivity contribution in [3.8, 4) is 0 Å². The van der Waals surface area contributed by atoms with Crippen LogP contribution < -0.4 is 10.6 Å². The number of rotatable bonds is 7. The van der Waals surface area contributed by atoms with Crippen molar-refractivity contribution in [2.24, 2.45) is 11.8 Å². The third-order valence-corrected chi connectivity index (χ3v) is 5.20. The Morgan fingerprint density at radius 1 is 1.26 bits per heavy atom. The highest BCUT2D eigenvalue weighted by atomic mass is 35.5. The number of carbonyl (C=O) groups is 1. The van der Waals surface area contributed by atoms with E-state index in [1.54, 1.807) is 6.20 Å². The van der Waals surface area contributed by atoms with Crippen LogP contribution in [0.5, 0.6) is 0 Å². The van der Waals surface area contributed by atoms with Crippen LogP contribution in [0.2, 0.25) is 0 Å². The fourth-order valence-electron chi connectivity index (χ4n) is 3.60. The second-order valence-corrected chi connectivity index (χ2v) is 7.05. The summed E-state index contributed by atoms with van der Waals surface area (Å²) in [4.78, 5) is 16.4. The zero-order valence-corrected chi connectivity index (χ0v) is 17.4. The molecule has 5 nitrogen and oxygen atoms in total. The van der Waals surface area contributed by atoms with E-state index in [-0.39, 0.29) is 30.7 Å². The van der Waals surface area contributed by atoms with Crippen LogP contribution >= 0.6 is 24.8 Å². The number of aromatic nitrogens is 2. The smallest absolute Gasteiger partial charge is 0.220 e. The predicted molar refractivity (Wildman–Crippen MR) is 113 cm³/mol. The molecular formula is C20H30Cl2N4O. The van der Waals surface area contributed by atoms with Crippen LogP contribution in [0.15, 0.2) is 43.0 Å². The molecule has 0 saturated carbocycles. The van der Waals surface area contributed by atoms with E-state index in [9.17, 15) is 4.79 Å². The molecule has 1 atom stereocenters. The average molecular weight is 413 g/mol.